The topological polar surface area (TPSA) is 96.9 Å². The number of aromatic nitrogens is 3. The maximum Gasteiger partial charge on any atom is 0.263 e. The molecule has 9 heteroatoms. The Balaban J connectivity index is 2.25. The van der Waals surface area contributed by atoms with E-state index in [9.17, 15) is 8.42 Å². The van der Waals surface area contributed by atoms with Crippen LogP contribution in [-0.4, -0.2) is 30.3 Å². The van der Waals surface area contributed by atoms with E-state index in [1.807, 2.05) is 0 Å². The van der Waals surface area contributed by atoms with Gasteiger partial charge < -0.3 is 5.32 Å². The predicted molar refractivity (Wildman–Crippen MR) is 64.5 cm³/mol. The van der Waals surface area contributed by atoms with Gasteiger partial charge in [0.15, 0.2) is 0 Å². The zero-order valence-corrected chi connectivity index (χ0v) is 10.4. The van der Waals surface area contributed by atoms with Gasteiger partial charge in [-0.15, -0.1) is 0 Å². The van der Waals surface area contributed by atoms with Crippen molar-refractivity contribution in [3.05, 3.63) is 24.3 Å². The van der Waals surface area contributed by atoms with Gasteiger partial charge in [0.2, 0.25) is 5.13 Å². The first-order valence-electron chi connectivity index (χ1n) is 4.57. The van der Waals surface area contributed by atoms with E-state index in [4.69, 9.17) is 0 Å². The summed E-state index contributed by atoms with van der Waals surface area (Å²) in [7, 11) is -1.86. The molecule has 7 nitrogen and oxygen atoms in total. The molecule has 0 aliphatic heterocycles. The summed E-state index contributed by atoms with van der Waals surface area (Å²) in [5, 5.41) is 9.87. The lowest BCUT2D eigenvalue weighted by Gasteiger charge is -2.05. The molecule has 90 valence electrons. The number of nitrogens with zero attached hydrogens (tertiary/aromatic N) is 3. The molecular formula is C8H9N5O2S2. The van der Waals surface area contributed by atoms with Gasteiger partial charge in [0, 0.05) is 24.3 Å². The summed E-state index contributed by atoms with van der Waals surface area (Å²) in [6.07, 6.45) is 0. The van der Waals surface area contributed by atoms with Crippen LogP contribution in [-0.2, 0) is 10.0 Å². The van der Waals surface area contributed by atoms with Gasteiger partial charge in [-0.05, 0) is 29.5 Å². The number of sulfonamides is 1. The van der Waals surface area contributed by atoms with Gasteiger partial charge in [-0.25, -0.2) is 8.42 Å². The van der Waals surface area contributed by atoms with Crippen LogP contribution in [0.5, 0.6) is 0 Å². The van der Waals surface area contributed by atoms with Gasteiger partial charge in [0.25, 0.3) is 10.0 Å². The first-order chi connectivity index (χ1) is 8.12. The molecule has 2 aromatic rings. The molecule has 1 aromatic heterocycles. The summed E-state index contributed by atoms with van der Waals surface area (Å²) in [6.45, 7) is 0. The molecule has 2 N–H and O–H groups in total. The molecule has 1 aromatic carbocycles. The molecule has 0 amide bonds. The second kappa shape index (κ2) is 4.63. The monoisotopic (exact) mass is 271 g/mol. The minimum Gasteiger partial charge on any atom is -0.388 e. The van der Waals surface area contributed by atoms with Crippen molar-refractivity contribution in [3.8, 4) is 0 Å². The van der Waals surface area contributed by atoms with Crippen molar-refractivity contribution in [1.82, 2.24) is 14.8 Å². The zero-order valence-electron chi connectivity index (χ0n) is 8.78. The normalized spacial score (nSPS) is 11.1. The number of benzene rings is 1. The van der Waals surface area contributed by atoms with Gasteiger partial charge in [-0.2, -0.15) is 0 Å². The van der Waals surface area contributed by atoms with E-state index in [-0.39, 0.29) is 10.0 Å². The summed E-state index contributed by atoms with van der Waals surface area (Å²) >= 11 is 0.877. The number of anilines is 2. The fourth-order valence-electron chi connectivity index (χ4n) is 1.15. The highest BCUT2D eigenvalue weighted by molar-refractivity contribution is 7.93. The first kappa shape index (κ1) is 11.7. The quantitative estimate of drug-likeness (QED) is 0.852. The van der Waals surface area contributed by atoms with Gasteiger partial charge in [0.05, 0.1) is 4.90 Å². The molecule has 0 aliphatic rings. The lowest BCUT2D eigenvalue weighted by molar-refractivity contribution is 0.601. The van der Waals surface area contributed by atoms with Crippen molar-refractivity contribution in [3.63, 3.8) is 0 Å². The van der Waals surface area contributed by atoms with E-state index in [0.29, 0.717) is 0 Å². The van der Waals surface area contributed by atoms with Crippen LogP contribution >= 0.6 is 11.5 Å². The van der Waals surface area contributed by atoms with E-state index < -0.39 is 10.0 Å². The number of nitrogens with one attached hydrogen (secondary N) is 2. The molecule has 0 radical (unpaired) electrons. The van der Waals surface area contributed by atoms with Crippen LogP contribution in [0.1, 0.15) is 0 Å². The fourth-order valence-corrected chi connectivity index (χ4v) is 2.73. The molecule has 0 spiro atoms. The van der Waals surface area contributed by atoms with Crippen LogP contribution in [0.2, 0.25) is 0 Å². The zero-order chi connectivity index (χ0) is 12.3. The van der Waals surface area contributed by atoms with E-state index >= 15 is 0 Å². The van der Waals surface area contributed by atoms with Crippen molar-refractivity contribution in [2.24, 2.45) is 0 Å². The molecule has 17 heavy (non-hydrogen) atoms. The minimum atomic E-state index is -3.62. The standard InChI is InChI=1S/C8H9N5O2S2/c1-9-6-2-4-7(5-3-6)17(14,15)11-8-10-12-13-16-8/h2-5,9H,1H3,(H,10,11,13). The Labute approximate surface area is 102 Å². The summed E-state index contributed by atoms with van der Waals surface area (Å²) in [5.74, 6) is 0. The Morgan fingerprint density at radius 3 is 2.47 bits per heavy atom. The van der Waals surface area contributed by atoms with Crippen molar-refractivity contribution >= 4 is 32.4 Å². The number of hydrogen-bond donors (Lipinski definition) is 2. The third-order valence-electron chi connectivity index (χ3n) is 1.97. The Hall–Kier alpha value is -1.74. The molecule has 0 unspecified atom stereocenters. The van der Waals surface area contributed by atoms with Crippen molar-refractivity contribution in [1.29, 1.82) is 0 Å². The molecule has 0 fully saturated rings. The smallest absolute Gasteiger partial charge is 0.263 e. The Morgan fingerprint density at radius 1 is 1.24 bits per heavy atom. The van der Waals surface area contributed by atoms with Crippen molar-refractivity contribution in [2.75, 3.05) is 17.1 Å². The summed E-state index contributed by atoms with van der Waals surface area (Å²) < 4.78 is 29.5. The Morgan fingerprint density at radius 2 is 1.94 bits per heavy atom. The highest BCUT2D eigenvalue weighted by atomic mass is 32.2. The van der Waals surface area contributed by atoms with Crippen LogP contribution in [0.15, 0.2) is 29.2 Å². The van der Waals surface area contributed by atoms with E-state index in [1.54, 1.807) is 19.2 Å². The van der Waals surface area contributed by atoms with Crippen LogP contribution in [0.25, 0.3) is 0 Å². The second-order valence-electron chi connectivity index (χ2n) is 3.05. The van der Waals surface area contributed by atoms with Gasteiger partial charge in [-0.1, -0.05) is 9.59 Å². The lowest BCUT2D eigenvalue weighted by atomic mass is 10.3. The highest BCUT2D eigenvalue weighted by Gasteiger charge is 2.15. The average molecular weight is 271 g/mol. The van der Waals surface area contributed by atoms with E-state index in [2.05, 4.69) is 24.8 Å². The van der Waals surface area contributed by atoms with E-state index in [0.717, 1.165) is 17.2 Å². The van der Waals surface area contributed by atoms with Crippen molar-refractivity contribution < 1.29 is 8.42 Å². The third-order valence-corrected chi connectivity index (χ3v) is 3.97. The molecule has 0 saturated heterocycles. The van der Waals surface area contributed by atoms with Gasteiger partial charge >= 0.3 is 0 Å². The minimum absolute atomic E-state index is 0.141. The van der Waals surface area contributed by atoms with E-state index in [1.165, 1.54) is 12.1 Å². The molecule has 2 rings (SSSR count). The Kier molecular flexibility index (Phi) is 3.20. The Bertz CT molecular complexity index is 579. The fraction of sp³-hybridized carbons (Fsp3) is 0.125. The van der Waals surface area contributed by atoms with Crippen molar-refractivity contribution in [2.45, 2.75) is 4.90 Å². The van der Waals surface area contributed by atoms with Gasteiger partial charge in [0.1, 0.15) is 0 Å². The van der Waals surface area contributed by atoms with Crippen LogP contribution < -0.4 is 10.0 Å². The number of hydrogen-bond acceptors (Lipinski definition) is 7. The summed E-state index contributed by atoms with van der Waals surface area (Å²) in [5.41, 5.74) is 0.835. The molecule has 0 bridgehead atoms. The third kappa shape index (κ3) is 2.68. The second-order valence-corrected chi connectivity index (χ2v) is 5.46. The molecule has 0 saturated carbocycles. The summed E-state index contributed by atoms with van der Waals surface area (Å²) in [6, 6.07) is 6.35. The van der Waals surface area contributed by atoms with Crippen LogP contribution in [0.4, 0.5) is 10.8 Å². The van der Waals surface area contributed by atoms with Crippen LogP contribution in [0, 0.1) is 0 Å². The first-order valence-corrected chi connectivity index (χ1v) is 6.83. The molecule has 1 heterocycles. The SMILES string of the molecule is CNc1ccc(S(=O)(=O)Nc2nnns2)cc1. The predicted octanol–water partition coefficient (Wildman–Crippen LogP) is 0.776. The van der Waals surface area contributed by atoms with Crippen LogP contribution in [0.3, 0.4) is 0 Å². The average Bonchev–Trinajstić information content (AvgIpc) is 2.81. The lowest BCUT2D eigenvalue weighted by Crippen LogP contribution is -2.12. The number of rotatable bonds is 4. The molecule has 0 atom stereocenters. The molecular weight excluding hydrogens is 262 g/mol. The maximum atomic E-state index is 11.9. The maximum absolute atomic E-state index is 11.9. The summed E-state index contributed by atoms with van der Waals surface area (Å²) in [4.78, 5) is 0.159. The molecule has 0 aliphatic carbocycles. The largest absolute Gasteiger partial charge is 0.388 e. The highest BCUT2D eigenvalue weighted by Crippen LogP contribution is 2.17. The van der Waals surface area contributed by atoms with Gasteiger partial charge in [-0.3, -0.25) is 4.72 Å².